The van der Waals surface area contributed by atoms with Crippen LogP contribution in [0, 0.1) is 0 Å². The maximum atomic E-state index is 5.37. The summed E-state index contributed by atoms with van der Waals surface area (Å²) in [5.41, 5.74) is 2.01. The second kappa shape index (κ2) is 5.57. The summed E-state index contributed by atoms with van der Waals surface area (Å²) >= 11 is 5.37. The van der Waals surface area contributed by atoms with Crippen molar-refractivity contribution in [2.75, 3.05) is 5.32 Å². The highest BCUT2D eigenvalue weighted by Gasteiger charge is 2.13. The van der Waals surface area contributed by atoms with Crippen molar-refractivity contribution in [1.82, 2.24) is 15.5 Å². The molecule has 1 aliphatic rings. The summed E-state index contributed by atoms with van der Waals surface area (Å²) in [6.07, 6.45) is 8.23. The molecule has 0 bridgehead atoms. The molecule has 3 N–H and O–H groups in total. The molecule has 3 rings (SSSR count). The predicted molar refractivity (Wildman–Crippen MR) is 82.3 cm³/mol. The summed E-state index contributed by atoms with van der Waals surface area (Å²) in [5, 5.41) is 15.4. The van der Waals surface area contributed by atoms with Crippen molar-refractivity contribution in [2.45, 2.75) is 38.1 Å². The zero-order valence-corrected chi connectivity index (χ0v) is 11.6. The van der Waals surface area contributed by atoms with Crippen molar-refractivity contribution in [1.29, 1.82) is 0 Å². The Morgan fingerprint density at radius 1 is 1.26 bits per heavy atom. The maximum Gasteiger partial charge on any atom is 0.170 e. The average molecular weight is 274 g/mol. The molecule has 1 heterocycles. The third-order valence-corrected chi connectivity index (χ3v) is 3.86. The molecule has 0 spiro atoms. The molecule has 4 nitrogen and oxygen atoms in total. The molecule has 1 saturated carbocycles. The van der Waals surface area contributed by atoms with Crippen molar-refractivity contribution >= 4 is 33.9 Å². The molecule has 0 aliphatic heterocycles. The number of aromatic amines is 1. The number of nitrogens with one attached hydrogen (secondary N) is 3. The molecule has 0 radical (unpaired) electrons. The van der Waals surface area contributed by atoms with Gasteiger partial charge in [0.15, 0.2) is 5.11 Å². The number of hydrogen-bond acceptors (Lipinski definition) is 2. The van der Waals surface area contributed by atoms with Crippen molar-refractivity contribution in [3.8, 4) is 0 Å². The number of H-pyrrole nitrogens is 1. The van der Waals surface area contributed by atoms with Gasteiger partial charge < -0.3 is 10.6 Å². The van der Waals surface area contributed by atoms with Gasteiger partial charge in [-0.15, -0.1) is 0 Å². The van der Waals surface area contributed by atoms with E-state index < -0.39 is 0 Å². The topological polar surface area (TPSA) is 52.7 Å². The van der Waals surface area contributed by atoms with E-state index >= 15 is 0 Å². The van der Waals surface area contributed by atoms with Crippen LogP contribution in [-0.4, -0.2) is 21.4 Å². The van der Waals surface area contributed by atoms with Crippen LogP contribution in [0.3, 0.4) is 0 Å². The molecule has 0 amide bonds. The van der Waals surface area contributed by atoms with Gasteiger partial charge in [-0.2, -0.15) is 5.10 Å². The van der Waals surface area contributed by atoms with Gasteiger partial charge >= 0.3 is 0 Å². The van der Waals surface area contributed by atoms with E-state index in [1.54, 1.807) is 0 Å². The van der Waals surface area contributed by atoms with Gasteiger partial charge in [-0.25, -0.2) is 0 Å². The van der Waals surface area contributed by atoms with Crippen LogP contribution in [0.1, 0.15) is 32.1 Å². The summed E-state index contributed by atoms with van der Waals surface area (Å²) in [6.45, 7) is 0. The average Bonchev–Trinajstić information content (AvgIpc) is 2.87. The van der Waals surface area contributed by atoms with Gasteiger partial charge in [0.25, 0.3) is 0 Å². The predicted octanol–water partition coefficient (Wildman–Crippen LogP) is 3.18. The van der Waals surface area contributed by atoms with E-state index in [9.17, 15) is 0 Å². The zero-order valence-electron chi connectivity index (χ0n) is 10.8. The van der Waals surface area contributed by atoms with E-state index in [-0.39, 0.29) is 0 Å². The first-order valence-corrected chi connectivity index (χ1v) is 7.23. The first kappa shape index (κ1) is 12.4. The molecule has 5 heteroatoms. The summed E-state index contributed by atoms with van der Waals surface area (Å²) in [4.78, 5) is 0. The highest BCUT2D eigenvalue weighted by atomic mass is 32.1. The Morgan fingerprint density at radius 2 is 2.11 bits per heavy atom. The minimum atomic E-state index is 0.532. The summed E-state index contributed by atoms with van der Waals surface area (Å²) in [6, 6.07) is 6.61. The lowest BCUT2D eigenvalue weighted by atomic mass is 9.96. The van der Waals surface area contributed by atoms with Gasteiger partial charge in [-0.3, -0.25) is 5.10 Å². The van der Waals surface area contributed by atoms with E-state index in [0.717, 1.165) is 16.6 Å². The minimum Gasteiger partial charge on any atom is -0.360 e. The molecule has 1 aromatic carbocycles. The number of fused-ring (bicyclic) bond motifs is 1. The molecular formula is C14H18N4S. The number of nitrogens with zero attached hydrogens (tertiary/aromatic N) is 1. The minimum absolute atomic E-state index is 0.532. The van der Waals surface area contributed by atoms with Gasteiger partial charge in [0.2, 0.25) is 0 Å². The Hall–Kier alpha value is -1.62. The lowest BCUT2D eigenvalue weighted by molar-refractivity contribution is 0.415. The highest BCUT2D eigenvalue weighted by Crippen LogP contribution is 2.19. The van der Waals surface area contributed by atoms with E-state index in [4.69, 9.17) is 12.2 Å². The molecule has 0 unspecified atom stereocenters. The Bertz CT molecular complexity index is 572. The van der Waals surface area contributed by atoms with E-state index in [2.05, 4.69) is 20.8 Å². The molecule has 1 fully saturated rings. The summed E-state index contributed by atoms with van der Waals surface area (Å²) < 4.78 is 0. The summed E-state index contributed by atoms with van der Waals surface area (Å²) in [7, 11) is 0. The third-order valence-electron chi connectivity index (χ3n) is 3.64. The lowest BCUT2D eigenvalue weighted by Crippen LogP contribution is -2.38. The second-order valence-electron chi connectivity index (χ2n) is 5.11. The number of thiocarbonyl (C=S) groups is 1. The normalized spacial score (nSPS) is 16.4. The molecule has 2 aromatic rings. The Morgan fingerprint density at radius 3 is 2.95 bits per heavy atom. The zero-order chi connectivity index (χ0) is 13.1. The molecular weight excluding hydrogens is 256 g/mol. The Labute approximate surface area is 118 Å². The monoisotopic (exact) mass is 274 g/mol. The molecule has 19 heavy (non-hydrogen) atoms. The Balaban J connectivity index is 1.61. The van der Waals surface area contributed by atoms with Gasteiger partial charge in [-0.05, 0) is 43.3 Å². The number of hydrogen-bond donors (Lipinski definition) is 3. The van der Waals surface area contributed by atoms with Crippen LogP contribution in [0.15, 0.2) is 24.4 Å². The van der Waals surface area contributed by atoms with E-state index in [0.29, 0.717) is 11.2 Å². The first-order chi connectivity index (χ1) is 9.31. The fourth-order valence-electron chi connectivity index (χ4n) is 2.61. The quantitative estimate of drug-likeness (QED) is 0.736. The van der Waals surface area contributed by atoms with Crippen molar-refractivity contribution < 1.29 is 0 Å². The van der Waals surface area contributed by atoms with Gasteiger partial charge in [0, 0.05) is 17.1 Å². The fourth-order valence-corrected chi connectivity index (χ4v) is 2.90. The standard InChI is InChI=1S/C14H18N4S/c19-14(16-11-4-2-1-3-5-11)17-12-7-6-10-9-15-18-13(10)8-12/h6-9,11H,1-5H2,(H,15,18)(H2,16,17,19). The van der Waals surface area contributed by atoms with Crippen molar-refractivity contribution in [3.63, 3.8) is 0 Å². The Kier molecular flexibility index (Phi) is 3.64. The SMILES string of the molecule is S=C(Nc1ccc2cn[nH]c2c1)NC1CCCCC1. The van der Waals surface area contributed by atoms with Gasteiger partial charge in [-0.1, -0.05) is 19.3 Å². The second-order valence-corrected chi connectivity index (χ2v) is 5.51. The van der Waals surface area contributed by atoms with Crippen LogP contribution in [0.25, 0.3) is 10.9 Å². The lowest BCUT2D eigenvalue weighted by Gasteiger charge is -2.24. The van der Waals surface area contributed by atoms with Crippen LogP contribution in [0.5, 0.6) is 0 Å². The number of anilines is 1. The number of rotatable bonds is 2. The number of benzene rings is 1. The van der Waals surface area contributed by atoms with Crippen molar-refractivity contribution in [2.24, 2.45) is 0 Å². The maximum absolute atomic E-state index is 5.37. The third kappa shape index (κ3) is 3.04. The molecule has 1 aromatic heterocycles. The highest BCUT2D eigenvalue weighted by molar-refractivity contribution is 7.80. The van der Waals surface area contributed by atoms with Crippen LogP contribution in [0.2, 0.25) is 0 Å². The molecule has 0 atom stereocenters. The largest absolute Gasteiger partial charge is 0.360 e. The van der Waals surface area contributed by atoms with Crippen molar-refractivity contribution in [3.05, 3.63) is 24.4 Å². The van der Waals surface area contributed by atoms with Crippen LogP contribution >= 0.6 is 12.2 Å². The van der Waals surface area contributed by atoms with E-state index in [1.807, 2.05) is 24.4 Å². The molecule has 1 aliphatic carbocycles. The fraction of sp³-hybridized carbons (Fsp3) is 0.429. The van der Waals surface area contributed by atoms with Crippen LogP contribution < -0.4 is 10.6 Å². The van der Waals surface area contributed by atoms with Gasteiger partial charge in [0.1, 0.15) is 0 Å². The molecule has 0 saturated heterocycles. The smallest absolute Gasteiger partial charge is 0.170 e. The number of aromatic nitrogens is 2. The van der Waals surface area contributed by atoms with Crippen LogP contribution in [0.4, 0.5) is 5.69 Å². The molecule has 100 valence electrons. The van der Waals surface area contributed by atoms with Gasteiger partial charge in [0.05, 0.1) is 11.7 Å². The first-order valence-electron chi connectivity index (χ1n) is 6.82. The van der Waals surface area contributed by atoms with Crippen LogP contribution in [-0.2, 0) is 0 Å². The van der Waals surface area contributed by atoms with E-state index in [1.165, 1.54) is 32.1 Å². The summed E-state index contributed by atoms with van der Waals surface area (Å²) in [5.74, 6) is 0.